The van der Waals surface area contributed by atoms with Crippen LogP contribution in [0.1, 0.15) is 103 Å². The first-order valence-electron chi connectivity index (χ1n) is 12.0. The second kappa shape index (κ2) is 14.4. The zero-order valence-electron chi connectivity index (χ0n) is 20.1. The maximum absolute atomic E-state index is 2.39. The zero-order valence-corrected chi connectivity index (χ0v) is 24.1. The Kier molecular flexibility index (Phi) is 14.5. The van der Waals surface area contributed by atoms with Crippen molar-refractivity contribution in [3.63, 3.8) is 0 Å². The SMILES string of the molecule is CC(C)C1([c-]2cccc2)CCCCC1.CC(C)C1([c-]2cccc2)CCCCC1.[Cl-].[Cl-].[Zr+4]. The first kappa shape index (κ1) is 31.2. The summed E-state index contributed by atoms with van der Waals surface area (Å²) in [5, 5.41) is 0. The van der Waals surface area contributed by atoms with Gasteiger partial charge in [0, 0.05) is 0 Å². The van der Waals surface area contributed by atoms with Gasteiger partial charge in [-0.05, 0) is 22.7 Å². The normalized spacial score (nSPS) is 19.3. The minimum absolute atomic E-state index is 0. The second-order valence-corrected chi connectivity index (χ2v) is 10.1. The molecule has 2 aliphatic carbocycles. The van der Waals surface area contributed by atoms with Crippen molar-refractivity contribution in [2.24, 2.45) is 11.8 Å². The summed E-state index contributed by atoms with van der Waals surface area (Å²) in [5.41, 5.74) is 4.18. The van der Waals surface area contributed by atoms with Crippen LogP contribution >= 0.6 is 0 Å². The Balaban J connectivity index is 0.000000529. The maximum Gasteiger partial charge on any atom is 4.00 e. The van der Waals surface area contributed by atoms with Crippen LogP contribution in [0.15, 0.2) is 48.5 Å². The molecule has 0 radical (unpaired) electrons. The minimum atomic E-state index is 0. The largest absolute Gasteiger partial charge is 4.00 e. The molecule has 0 N–H and O–H groups in total. The van der Waals surface area contributed by atoms with Crippen LogP contribution in [-0.2, 0) is 37.0 Å². The van der Waals surface area contributed by atoms with E-state index in [-0.39, 0.29) is 51.0 Å². The van der Waals surface area contributed by atoms with Gasteiger partial charge < -0.3 is 24.8 Å². The van der Waals surface area contributed by atoms with Crippen LogP contribution < -0.4 is 24.8 Å². The van der Waals surface area contributed by atoms with Crippen LogP contribution in [0.2, 0.25) is 0 Å². The Morgan fingerprint density at radius 1 is 0.516 bits per heavy atom. The Morgan fingerprint density at radius 2 is 0.774 bits per heavy atom. The van der Waals surface area contributed by atoms with Crippen molar-refractivity contribution in [2.75, 3.05) is 0 Å². The molecule has 2 saturated carbocycles. The van der Waals surface area contributed by atoms with E-state index in [0.717, 1.165) is 11.8 Å². The fourth-order valence-electron chi connectivity index (χ4n) is 6.18. The van der Waals surface area contributed by atoms with E-state index in [9.17, 15) is 0 Å². The van der Waals surface area contributed by atoms with Crippen molar-refractivity contribution in [3.05, 3.63) is 59.7 Å². The van der Waals surface area contributed by atoms with Crippen molar-refractivity contribution in [1.82, 2.24) is 0 Å². The van der Waals surface area contributed by atoms with Gasteiger partial charge >= 0.3 is 26.2 Å². The second-order valence-electron chi connectivity index (χ2n) is 10.1. The van der Waals surface area contributed by atoms with E-state index >= 15 is 0 Å². The third kappa shape index (κ3) is 7.07. The summed E-state index contributed by atoms with van der Waals surface area (Å²) in [7, 11) is 0. The van der Waals surface area contributed by atoms with Gasteiger partial charge in [-0.1, -0.05) is 91.9 Å². The monoisotopic (exact) mass is 538 g/mol. The van der Waals surface area contributed by atoms with Crippen molar-refractivity contribution in [2.45, 2.75) is 103 Å². The van der Waals surface area contributed by atoms with Gasteiger partial charge in [0.2, 0.25) is 0 Å². The molecule has 0 saturated heterocycles. The molecule has 3 heteroatoms. The molecule has 4 rings (SSSR count). The topological polar surface area (TPSA) is 0 Å². The molecule has 0 nitrogen and oxygen atoms in total. The number of hydrogen-bond donors (Lipinski definition) is 0. The average Bonchev–Trinajstić information content (AvgIpc) is 3.44. The Labute approximate surface area is 224 Å². The first-order chi connectivity index (χ1) is 13.5. The molecule has 0 aliphatic heterocycles. The fourth-order valence-corrected chi connectivity index (χ4v) is 6.18. The standard InChI is InChI=1S/2C14H21.2ClH.Zr/c2*1-12(2)14(10-6-3-7-11-14)13-8-4-5-9-13;;;/h2*4-5,8-9,12H,3,6-7,10-11H2,1-2H3;2*1H;/q2*-1;;;+4/p-2. The zero-order chi connectivity index (χ0) is 20.0. The number of hydrogen-bond acceptors (Lipinski definition) is 0. The number of halogens is 2. The molecule has 0 unspecified atom stereocenters. The van der Waals surface area contributed by atoms with Crippen LogP contribution in [0.3, 0.4) is 0 Å². The van der Waals surface area contributed by atoms with Crippen LogP contribution in [0.25, 0.3) is 0 Å². The molecular formula is C28H42Cl2Zr. The first-order valence-corrected chi connectivity index (χ1v) is 12.0. The summed E-state index contributed by atoms with van der Waals surface area (Å²) in [6.07, 6.45) is 14.1. The molecule has 0 amide bonds. The van der Waals surface area contributed by atoms with Crippen LogP contribution in [0.4, 0.5) is 0 Å². The van der Waals surface area contributed by atoms with Gasteiger partial charge in [0.05, 0.1) is 0 Å². The smallest absolute Gasteiger partial charge is 1.00 e. The predicted molar refractivity (Wildman–Crippen MR) is 123 cm³/mol. The average molecular weight is 541 g/mol. The van der Waals surface area contributed by atoms with Crippen LogP contribution in [0, 0.1) is 11.8 Å². The van der Waals surface area contributed by atoms with Crippen molar-refractivity contribution in [1.29, 1.82) is 0 Å². The van der Waals surface area contributed by atoms with Gasteiger partial charge in [-0.2, -0.15) is 35.4 Å². The van der Waals surface area contributed by atoms with Gasteiger partial charge in [-0.15, -0.1) is 0 Å². The van der Waals surface area contributed by atoms with Crippen LogP contribution in [0.5, 0.6) is 0 Å². The Bertz CT molecular complexity index is 598. The molecule has 0 heterocycles. The summed E-state index contributed by atoms with van der Waals surface area (Å²) in [5.74, 6) is 1.57. The molecule has 2 aromatic carbocycles. The molecule has 0 bridgehead atoms. The molecule has 2 fully saturated rings. The summed E-state index contributed by atoms with van der Waals surface area (Å²) in [6.45, 7) is 9.55. The van der Waals surface area contributed by atoms with Gasteiger partial charge in [0.1, 0.15) is 0 Å². The predicted octanol–water partition coefficient (Wildman–Crippen LogP) is 2.53. The van der Waals surface area contributed by atoms with Gasteiger partial charge in [0.15, 0.2) is 0 Å². The molecule has 31 heavy (non-hydrogen) atoms. The van der Waals surface area contributed by atoms with Crippen molar-refractivity contribution in [3.8, 4) is 0 Å². The molecule has 2 aliphatic rings. The summed E-state index contributed by atoms with van der Waals surface area (Å²) in [4.78, 5) is 0. The summed E-state index contributed by atoms with van der Waals surface area (Å²) >= 11 is 0. The summed E-state index contributed by atoms with van der Waals surface area (Å²) < 4.78 is 0. The van der Waals surface area contributed by atoms with E-state index < -0.39 is 0 Å². The van der Waals surface area contributed by atoms with E-state index in [1.807, 2.05) is 0 Å². The molecule has 0 aromatic heterocycles. The Morgan fingerprint density at radius 3 is 1.00 bits per heavy atom. The fraction of sp³-hybridized carbons (Fsp3) is 0.643. The number of rotatable bonds is 4. The van der Waals surface area contributed by atoms with E-state index in [0.29, 0.717) is 10.8 Å². The van der Waals surface area contributed by atoms with E-state index in [1.54, 1.807) is 11.1 Å². The van der Waals surface area contributed by atoms with E-state index in [2.05, 4.69) is 76.2 Å². The third-order valence-corrected chi connectivity index (χ3v) is 8.18. The van der Waals surface area contributed by atoms with E-state index in [4.69, 9.17) is 0 Å². The van der Waals surface area contributed by atoms with Gasteiger partial charge in [-0.3, -0.25) is 0 Å². The quantitative estimate of drug-likeness (QED) is 0.523. The maximum atomic E-state index is 2.39. The van der Waals surface area contributed by atoms with Crippen LogP contribution in [-0.4, -0.2) is 0 Å². The van der Waals surface area contributed by atoms with Crippen molar-refractivity contribution < 1.29 is 51.0 Å². The molecule has 2 aromatic rings. The molecule has 0 spiro atoms. The summed E-state index contributed by atoms with van der Waals surface area (Å²) in [6, 6.07) is 18.1. The molecular weight excluding hydrogens is 498 g/mol. The third-order valence-electron chi connectivity index (χ3n) is 8.18. The Hall–Kier alpha value is 0.163. The molecule has 0 atom stereocenters. The minimum Gasteiger partial charge on any atom is -1.00 e. The van der Waals surface area contributed by atoms with Gasteiger partial charge in [-0.25, -0.2) is 24.3 Å². The van der Waals surface area contributed by atoms with Gasteiger partial charge in [0.25, 0.3) is 0 Å². The van der Waals surface area contributed by atoms with Crippen molar-refractivity contribution >= 4 is 0 Å². The van der Waals surface area contributed by atoms with E-state index in [1.165, 1.54) is 64.2 Å². The molecule has 172 valence electrons.